The first-order chi connectivity index (χ1) is 8.76. The van der Waals surface area contributed by atoms with Crippen molar-refractivity contribution in [2.75, 3.05) is 31.7 Å². The first-order valence-electron chi connectivity index (χ1n) is 6.00. The Morgan fingerprint density at radius 2 is 2.11 bits per heavy atom. The molecule has 1 aromatic rings. The number of rotatable bonds is 8. The maximum atomic E-state index is 11.5. The van der Waals surface area contributed by atoms with Gasteiger partial charge in [0.1, 0.15) is 6.61 Å². The normalized spacial score (nSPS) is 10.3. The summed E-state index contributed by atoms with van der Waals surface area (Å²) in [4.78, 5) is 11.5. The number of hydrogen-bond donors (Lipinski definition) is 2. The molecule has 5 heteroatoms. The summed E-state index contributed by atoms with van der Waals surface area (Å²) in [5, 5.41) is 2.75. The van der Waals surface area contributed by atoms with Gasteiger partial charge in [-0.25, -0.2) is 0 Å². The van der Waals surface area contributed by atoms with Crippen molar-refractivity contribution >= 4 is 11.6 Å². The van der Waals surface area contributed by atoms with Gasteiger partial charge in [-0.2, -0.15) is 0 Å². The van der Waals surface area contributed by atoms with Gasteiger partial charge in [0.15, 0.2) is 0 Å². The van der Waals surface area contributed by atoms with Crippen LogP contribution in [0.3, 0.4) is 0 Å². The van der Waals surface area contributed by atoms with Crippen LogP contribution in [0.4, 0.5) is 5.69 Å². The van der Waals surface area contributed by atoms with E-state index in [1.54, 1.807) is 0 Å². The molecule has 0 fully saturated rings. The second-order valence-electron chi connectivity index (χ2n) is 3.70. The molecule has 5 nitrogen and oxygen atoms in total. The fourth-order valence-corrected chi connectivity index (χ4v) is 1.40. The van der Waals surface area contributed by atoms with Crippen LogP contribution in [0.15, 0.2) is 24.3 Å². The molecule has 0 aliphatic heterocycles. The molecule has 0 saturated heterocycles. The number of anilines is 1. The SMILES string of the molecule is CCOCCOCC(=O)Nc1cccc(CN)c1. The number of carbonyl (C=O) groups excluding carboxylic acids is 1. The summed E-state index contributed by atoms with van der Waals surface area (Å²) in [5.41, 5.74) is 7.23. The van der Waals surface area contributed by atoms with E-state index in [2.05, 4.69) is 5.32 Å². The fourth-order valence-electron chi connectivity index (χ4n) is 1.40. The van der Waals surface area contributed by atoms with Gasteiger partial charge in [0.25, 0.3) is 0 Å². The number of amides is 1. The van der Waals surface area contributed by atoms with Crippen LogP contribution in [0.2, 0.25) is 0 Å². The van der Waals surface area contributed by atoms with E-state index in [0.29, 0.717) is 26.4 Å². The van der Waals surface area contributed by atoms with E-state index in [1.165, 1.54) is 0 Å². The zero-order valence-corrected chi connectivity index (χ0v) is 10.6. The van der Waals surface area contributed by atoms with Gasteiger partial charge in [0.2, 0.25) is 5.91 Å². The van der Waals surface area contributed by atoms with Crippen LogP contribution in [0.5, 0.6) is 0 Å². The standard InChI is InChI=1S/C13H20N2O3/c1-2-17-6-7-18-10-13(16)15-12-5-3-4-11(8-12)9-14/h3-5,8H,2,6-7,9-10,14H2,1H3,(H,15,16). The lowest BCUT2D eigenvalue weighted by atomic mass is 10.2. The van der Waals surface area contributed by atoms with Crippen LogP contribution in [-0.4, -0.2) is 32.3 Å². The minimum absolute atomic E-state index is 0.0277. The van der Waals surface area contributed by atoms with Crippen LogP contribution in [0, 0.1) is 0 Å². The predicted molar refractivity (Wildman–Crippen MR) is 70.3 cm³/mol. The zero-order valence-electron chi connectivity index (χ0n) is 10.6. The Bertz CT molecular complexity index is 369. The first-order valence-corrected chi connectivity index (χ1v) is 6.00. The van der Waals surface area contributed by atoms with Crippen LogP contribution in [-0.2, 0) is 20.8 Å². The van der Waals surface area contributed by atoms with Crippen molar-refractivity contribution in [3.05, 3.63) is 29.8 Å². The maximum Gasteiger partial charge on any atom is 0.250 e. The van der Waals surface area contributed by atoms with Crippen molar-refractivity contribution in [2.45, 2.75) is 13.5 Å². The van der Waals surface area contributed by atoms with Crippen LogP contribution in [0.25, 0.3) is 0 Å². The van der Waals surface area contributed by atoms with Crippen molar-refractivity contribution in [1.29, 1.82) is 0 Å². The van der Waals surface area contributed by atoms with Crippen molar-refractivity contribution in [1.82, 2.24) is 0 Å². The summed E-state index contributed by atoms with van der Waals surface area (Å²) in [6.45, 7) is 3.98. The molecule has 3 N–H and O–H groups in total. The highest BCUT2D eigenvalue weighted by Gasteiger charge is 2.02. The molecule has 0 spiro atoms. The highest BCUT2D eigenvalue weighted by molar-refractivity contribution is 5.91. The van der Waals surface area contributed by atoms with Crippen molar-refractivity contribution in [3.63, 3.8) is 0 Å². The summed E-state index contributed by atoms with van der Waals surface area (Å²) >= 11 is 0. The largest absolute Gasteiger partial charge is 0.379 e. The topological polar surface area (TPSA) is 73.6 Å². The molecule has 0 unspecified atom stereocenters. The molecule has 1 aromatic carbocycles. The van der Waals surface area contributed by atoms with E-state index >= 15 is 0 Å². The molecule has 0 aliphatic carbocycles. The Hall–Kier alpha value is -1.43. The van der Waals surface area contributed by atoms with Gasteiger partial charge in [0.05, 0.1) is 13.2 Å². The van der Waals surface area contributed by atoms with Gasteiger partial charge in [-0.1, -0.05) is 12.1 Å². The van der Waals surface area contributed by atoms with Gasteiger partial charge in [0, 0.05) is 18.8 Å². The number of hydrogen-bond acceptors (Lipinski definition) is 4. The fraction of sp³-hybridized carbons (Fsp3) is 0.462. The third kappa shape index (κ3) is 5.77. The third-order valence-electron chi connectivity index (χ3n) is 2.26. The second-order valence-corrected chi connectivity index (χ2v) is 3.70. The molecule has 0 aromatic heterocycles. The Labute approximate surface area is 107 Å². The van der Waals surface area contributed by atoms with Gasteiger partial charge in [-0.05, 0) is 24.6 Å². The van der Waals surface area contributed by atoms with Crippen LogP contribution >= 0.6 is 0 Å². The number of benzene rings is 1. The Morgan fingerprint density at radius 3 is 2.83 bits per heavy atom. The molecule has 0 radical (unpaired) electrons. The molecule has 1 amide bonds. The number of nitrogens with one attached hydrogen (secondary N) is 1. The Balaban J connectivity index is 2.26. The Kier molecular flexibility index (Phi) is 7.01. The summed E-state index contributed by atoms with van der Waals surface area (Å²) in [6.07, 6.45) is 0. The first kappa shape index (κ1) is 14.6. The molecule has 0 heterocycles. The van der Waals surface area contributed by atoms with Gasteiger partial charge in [-0.3, -0.25) is 4.79 Å². The van der Waals surface area contributed by atoms with Crippen molar-refractivity contribution < 1.29 is 14.3 Å². The molecule has 0 aliphatic rings. The lowest BCUT2D eigenvalue weighted by molar-refractivity contribution is -0.121. The molecule has 0 saturated carbocycles. The minimum atomic E-state index is -0.180. The third-order valence-corrected chi connectivity index (χ3v) is 2.26. The number of ether oxygens (including phenoxy) is 2. The molecular formula is C13H20N2O3. The summed E-state index contributed by atoms with van der Waals surface area (Å²) in [6, 6.07) is 7.43. The number of carbonyl (C=O) groups is 1. The highest BCUT2D eigenvalue weighted by Crippen LogP contribution is 2.09. The maximum absolute atomic E-state index is 11.5. The van der Waals surface area contributed by atoms with Gasteiger partial charge in [-0.15, -0.1) is 0 Å². The zero-order chi connectivity index (χ0) is 13.2. The quantitative estimate of drug-likeness (QED) is 0.680. The monoisotopic (exact) mass is 252 g/mol. The molecule has 1 rings (SSSR count). The van der Waals surface area contributed by atoms with Gasteiger partial charge < -0.3 is 20.5 Å². The van der Waals surface area contributed by atoms with Crippen LogP contribution < -0.4 is 11.1 Å². The van der Waals surface area contributed by atoms with E-state index < -0.39 is 0 Å². The summed E-state index contributed by atoms with van der Waals surface area (Å²) in [7, 11) is 0. The van der Waals surface area contributed by atoms with Crippen LogP contribution in [0.1, 0.15) is 12.5 Å². The average molecular weight is 252 g/mol. The van der Waals surface area contributed by atoms with E-state index in [9.17, 15) is 4.79 Å². The van der Waals surface area contributed by atoms with Crippen molar-refractivity contribution in [3.8, 4) is 0 Å². The lowest BCUT2D eigenvalue weighted by Crippen LogP contribution is -2.19. The number of nitrogens with two attached hydrogens (primary N) is 1. The van der Waals surface area contributed by atoms with E-state index in [1.807, 2.05) is 31.2 Å². The van der Waals surface area contributed by atoms with E-state index in [4.69, 9.17) is 15.2 Å². The lowest BCUT2D eigenvalue weighted by Gasteiger charge is -2.07. The smallest absolute Gasteiger partial charge is 0.250 e. The highest BCUT2D eigenvalue weighted by atomic mass is 16.5. The average Bonchev–Trinajstić information content (AvgIpc) is 2.38. The molecule has 0 bridgehead atoms. The molecule has 100 valence electrons. The molecular weight excluding hydrogens is 232 g/mol. The van der Waals surface area contributed by atoms with E-state index in [-0.39, 0.29) is 12.5 Å². The van der Waals surface area contributed by atoms with E-state index in [0.717, 1.165) is 11.3 Å². The van der Waals surface area contributed by atoms with Crippen molar-refractivity contribution in [2.24, 2.45) is 5.73 Å². The molecule has 0 atom stereocenters. The summed E-state index contributed by atoms with van der Waals surface area (Å²) < 4.78 is 10.3. The Morgan fingerprint density at radius 1 is 1.33 bits per heavy atom. The van der Waals surface area contributed by atoms with Gasteiger partial charge >= 0.3 is 0 Å². The molecule has 18 heavy (non-hydrogen) atoms. The summed E-state index contributed by atoms with van der Waals surface area (Å²) in [5.74, 6) is -0.180. The predicted octanol–water partition coefficient (Wildman–Crippen LogP) is 1.14. The minimum Gasteiger partial charge on any atom is -0.379 e. The second kappa shape index (κ2) is 8.63.